The first-order valence-corrected chi connectivity index (χ1v) is 4.77. The van der Waals surface area contributed by atoms with E-state index in [4.69, 9.17) is 4.74 Å². The summed E-state index contributed by atoms with van der Waals surface area (Å²) in [6.07, 6.45) is 0. The van der Waals surface area contributed by atoms with E-state index in [1.807, 2.05) is 24.3 Å². The van der Waals surface area contributed by atoms with Gasteiger partial charge in [-0.2, -0.15) is 17.6 Å². The molecule has 1 aliphatic heterocycles. The van der Waals surface area contributed by atoms with E-state index in [1.54, 1.807) is 5.32 Å². The zero-order valence-corrected chi connectivity index (χ0v) is 8.20. The number of rotatable bonds is 1. The van der Waals surface area contributed by atoms with Crippen LogP contribution in [0.2, 0.25) is 0 Å². The fourth-order valence-electron chi connectivity index (χ4n) is 1.20. The number of carbonyl (C=O) groups excluding carboxylic acids is 1. The van der Waals surface area contributed by atoms with Crippen LogP contribution in [0.15, 0.2) is 29.3 Å². The Morgan fingerprint density at radius 3 is 3.00 bits per heavy atom. The lowest BCUT2D eigenvalue weighted by Gasteiger charge is -1.96. The number of hydrogen-bond acceptors (Lipinski definition) is 4. The van der Waals surface area contributed by atoms with Gasteiger partial charge in [0.25, 0.3) is 0 Å². The molecule has 0 radical (unpaired) electrons. The van der Waals surface area contributed by atoms with E-state index in [0.29, 0.717) is 6.02 Å². The zero-order valence-electron chi connectivity index (χ0n) is 7.30. The first-order chi connectivity index (χ1) is 6.79. The second-order valence-electron chi connectivity index (χ2n) is 2.79. The lowest BCUT2D eigenvalue weighted by atomic mass is 10.3. The molecule has 1 aromatic carbocycles. The first-order valence-electron chi connectivity index (χ1n) is 4.13. The average Bonchev–Trinajstić information content (AvgIpc) is 2.59. The number of quaternary nitrogens is 1. The molecule has 14 heavy (non-hydrogen) atoms. The molecule has 0 fully saturated rings. The van der Waals surface area contributed by atoms with Gasteiger partial charge in [0.2, 0.25) is 0 Å². The number of thiol groups is 1. The third-order valence-electron chi connectivity index (χ3n) is 1.79. The number of fused-ring (bicyclic) bond motifs is 1. The molecule has 72 valence electrons. The highest BCUT2D eigenvalue weighted by atomic mass is 32.1. The van der Waals surface area contributed by atoms with Crippen molar-refractivity contribution in [3.05, 3.63) is 24.3 Å². The Morgan fingerprint density at radius 1 is 1.50 bits per heavy atom. The van der Waals surface area contributed by atoms with Crippen molar-refractivity contribution < 1.29 is 14.8 Å². The van der Waals surface area contributed by atoms with Crippen molar-refractivity contribution in [2.45, 2.75) is 0 Å². The minimum Gasteiger partial charge on any atom is -0.362 e. The number of benzene rings is 1. The van der Waals surface area contributed by atoms with Gasteiger partial charge in [-0.05, 0) is 6.07 Å². The Kier molecular flexibility index (Phi) is 2.51. The summed E-state index contributed by atoms with van der Waals surface area (Å²) in [7, 11) is 0. The van der Waals surface area contributed by atoms with Crippen LogP contribution in [0.25, 0.3) is 0 Å². The maximum atomic E-state index is 10.9. The monoisotopic (exact) mass is 209 g/mol. The lowest BCUT2D eigenvalue weighted by Crippen LogP contribution is -2.81. The molecule has 1 aliphatic rings. The molecule has 0 aromatic heterocycles. The average molecular weight is 209 g/mol. The van der Waals surface area contributed by atoms with E-state index in [-0.39, 0.29) is 5.75 Å². The van der Waals surface area contributed by atoms with Crippen LogP contribution < -0.4 is 5.32 Å². The van der Waals surface area contributed by atoms with Crippen LogP contribution in [0.4, 0.5) is 11.4 Å². The predicted molar refractivity (Wildman–Crippen MR) is 55.1 cm³/mol. The molecule has 2 rings (SSSR count). The van der Waals surface area contributed by atoms with Gasteiger partial charge in [-0.1, -0.05) is 12.1 Å². The highest BCUT2D eigenvalue weighted by molar-refractivity contribution is 7.81. The number of ether oxygens (including phenoxy) is 1. The van der Waals surface area contributed by atoms with Gasteiger partial charge in [0.15, 0.2) is 5.69 Å². The fraction of sp³-hybridized carbons (Fsp3) is 0.111. The van der Waals surface area contributed by atoms with Gasteiger partial charge in [0.05, 0.1) is 5.75 Å². The third kappa shape index (κ3) is 1.78. The largest absolute Gasteiger partial charge is 0.409 e. The third-order valence-corrected chi connectivity index (χ3v) is 2.05. The van der Waals surface area contributed by atoms with Crippen molar-refractivity contribution in [1.29, 1.82) is 0 Å². The summed E-state index contributed by atoms with van der Waals surface area (Å²) >= 11 is 3.81. The van der Waals surface area contributed by atoms with Crippen LogP contribution in [-0.4, -0.2) is 17.7 Å². The summed E-state index contributed by atoms with van der Waals surface area (Å²) in [5.41, 5.74) is 1.80. The first kappa shape index (κ1) is 9.23. The Hall–Kier alpha value is -1.33. The Morgan fingerprint density at radius 2 is 2.29 bits per heavy atom. The summed E-state index contributed by atoms with van der Waals surface area (Å²) in [6.45, 7) is 0. The molecule has 0 atom stereocenters. The maximum absolute atomic E-state index is 10.9. The molecule has 0 saturated heterocycles. The molecule has 0 unspecified atom stereocenters. The van der Waals surface area contributed by atoms with E-state index in [0.717, 1.165) is 11.4 Å². The second-order valence-corrected chi connectivity index (χ2v) is 3.10. The van der Waals surface area contributed by atoms with Gasteiger partial charge in [0, 0.05) is 6.07 Å². The number of carbonyl (C=O) groups is 1. The fourth-order valence-corrected chi connectivity index (χ4v) is 1.26. The zero-order chi connectivity index (χ0) is 9.97. The molecular weight excluding hydrogens is 200 g/mol. The highest BCUT2D eigenvalue weighted by Gasteiger charge is 2.21. The number of nitrogens with zero attached hydrogens (tertiary/aromatic N) is 1. The molecule has 0 spiro atoms. The lowest BCUT2D eigenvalue weighted by molar-refractivity contribution is -0.456. The van der Waals surface area contributed by atoms with Crippen LogP contribution in [-0.2, 0) is 9.53 Å². The molecule has 0 bridgehead atoms. The molecule has 5 heteroatoms. The number of para-hydroxylation sites is 2. The maximum Gasteiger partial charge on any atom is 0.409 e. The molecule has 1 aromatic rings. The molecule has 0 amide bonds. The summed E-state index contributed by atoms with van der Waals surface area (Å²) in [4.78, 5) is 15.0. The predicted octanol–water partition coefficient (Wildman–Crippen LogP) is 0.356. The SMILES string of the molecule is O=C(CS)OC1=Nc2ccccc2[NH2+]1. The van der Waals surface area contributed by atoms with Crippen molar-refractivity contribution >= 4 is 36.0 Å². The van der Waals surface area contributed by atoms with E-state index >= 15 is 0 Å². The Balaban J connectivity index is 2.12. The molecule has 0 saturated carbocycles. The molecule has 2 N–H and O–H groups in total. The van der Waals surface area contributed by atoms with E-state index in [1.165, 1.54) is 0 Å². The van der Waals surface area contributed by atoms with Gasteiger partial charge in [0.1, 0.15) is 5.69 Å². The summed E-state index contributed by atoms with van der Waals surface area (Å²) in [5.74, 6) is -0.334. The second kappa shape index (κ2) is 3.81. The number of esters is 1. The van der Waals surface area contributed by atoms with E-state index < -0.39 is 5.97 Å². The highest BCUT2D eigenvalue weighted by Crippen LogP contribution is 2.22. The number of aliphatic imine (C=N–C) groups is 1. The number of amidine groups is 1. The summed E-state index contributed by atoms with van der Waals surface area (Å²) in [5, 5.41) is 1.73. The Labute approximate surface area is 86.4 Å². The Bertz CT molecular complexity index is 404. The smallest absolute Gasteiger partial charge is 0.362 e. The molecule has 4 nitrogen and oxygen atoms in total. The van der Waals surface area contributed by atoms with Crippen molar-refractivity contribution in [1.82, 2.24) is 0 Å². The van der Waals surface area contributed by atoms with E-state index in [9.17, 15) is 4.79 Å². The van der Waals surface area contributed by atoms with Crippen molar-refractivity contribution in [2.24, 2.45) is 4.99 Å². The van der Waals surface area contributed by atoms with Gasteiger partial charge in [-0.15, -0.1) is 0 Å². The topological polar surface area (TPSA) is 55.3 Å². The van der Waals surface area contributed by atoms with Crippen LogP contribution in [0.3, 0.4) is 0 Å². The minimum atomic E-state index is -0.392. The quantitative estimate of drug-likeness (QED) is 0.398. The van der Waals surface area contributed by atoms with Crippen molar-refractivity contribution in [2.75, 3.05) is 5.75 Å². The molecule has 1 heterocycles. The van der Waals surface area contributed by atoms with Gasteiger partial charge in [-0.25, -0.2) is 5.32 Å². The minimum absolute atomic E-state index is 0.0587. The van der Waals surface area contributed by atoms with Gasteiger partial charge < -0.3 is 4.74 Å². The van der Waals surface area contributed by atoms with Crippen molar-refractivity contribution in [3.63, 3.8) is 0 Å². The number of nitrogens with two attached hydrogens (primary N) is 1. The van der Waals surface area contributed by atoms with Crippen LogP contribution in [0, 0.1) is 0 Å². The number of hydrogen-bond donors (Lipinski definition) is 2. The molecular formula is C9H9N2O2S+. The van der Waals surface area contributed by atoms with Gasteiger partial charge >= 0.3 is 12.0 Å². The van der Waals surface area contributed by atoms with Crippen molar-refractivity contribution in [3.8, 4) is 0 Å². The van der Waals surface area contributed by atoms with Gasteiger partial charge in [-0.3, -0.25) is 4.79 Å². The standard InChI is InChI=1S/C9H8N2O2S/c12-8(5-14)13-9-10-6-3-1-2-4-7(6)11-9/h1-4,14H,5H2,(H,10,11)/p+1. The summed E-state index contributed by atoms with van der Waals surface area (Å²) in [6, 6.07) is 7.92. The van der Waals surface area contributed by atoms with E-state index in [2.05, 4.69) is 17.6 Å². The van der Waals surface area contributed by atoms with Crippen LogP contribution >= 0.6 is 12.6 Å². The normalized spacial score (nSPS) is 13.4. The molecule has 0 aliphatic carbocycles. The van der Waals surface area contributed by atoms with Crippen LogP contribution in [0.1, 0.15) is 0 Å². The summed E-state index contributed by atoms with van der Waals surface area (Å²) < 4.78 is 4.92. The van der Waals surface area contributed by atoms with Crippen LogP contribution in [0.5, 0.6) is 0 Å².